The van der Waals surface area contributed by atoms with Crippen LogP contribution in [0.15, 0.2) is 30.3 Å². The number of nitrogens with one attached hydrogen (secondary N) is 2. The van der Waals surface area contributed by atoms with Gasteiger partial charge in [-0.25, -0.2) is 0 Å². The van der Waals surface area contributed by atoms with Gasteiger partial charge < -0.3 is 10.6 Å². The fourth-order valence-electron chi connectivity index (χ4n) is 2.41. The van der Waals surface area contributed by atoms with Gasteiger partial charge in [-0.3, -0.25) is 4.79 Å². The summed E-state index contributed by atoms with van der Waals surface area (Å²) < 4.78 is 0. The molecule has 3 nitrogen and oxygen atoms in total. The average molecular weight is 304 g/mol. The summed E-state index contributed by atoms with van der Waals surface area (Å²) >= 11 is 0. The molecule has 0 saturated heterocycles. The van der Waals surface area contributed by atoms with E-state index in [2.05, 4.69) is 62.6 Å². The number of carbonyl (C=O) groups is 1. The predicted octanol–water partition coefficient (Wildman–Crippen LogP) is 4.06. The molecule has 22 heavy (non-hydrogen) atoms. The van der Waals surface area contributed by atoms with E-state index in [-0.39, 0.29) is 23.4 Å². The zero-order valence-corrected chi connectivity index (χ0v) is 14.8. The van der Waals surface area contributed by atoms with Crippen LogP contribution in [0.3, 0.4) is 0 Å². The maximum atomic E-state index is 11.9. The van der Waals surface area contributed by atoms with Crippen LogP contribution in [0.2, 0.25) is 0 Å². The standard InChI is InChI=1S/C19H32N2O/c1-6-15(2)21-18(22)12-13-20-17(14-19(3,4)5)16-10-8-7-9-11-16/h7-11,15,17,20H,6,12-14H2,1-5H3,(H,21,22). The van der Waals surface area contributed by atoms with Gasteiger partial charge in [0.05, 0.1) is 0 Å². The Balaban J connectivity index is 2.54. The molecule has 0 heterocycles. The molecule has 0 fully saturated rings. The number of amides is 1. The van der Waals surface area contributed by atoms with Crippen LogP contribution >= 0.6 is 0 Å². The minimum Gasteiger partial charge on any atom is -0.354 e. The normalized spacial score (nSPS) is 14.4. The third-order valence-corrected chi connectivity index (χ3v) is 3.78. The van der Waals surface area contributed by atoms with Gasteiger partial charge in [-0.2, -0.15) is 0 Å². The molecule has 124 valence electrons. The van der Waals surface area contributed by atoms with Gasteiger partial charge in [0, 0.05) is 25.0 Å². The van der Waals surface area contributed by atoms with Crippen LogP contribution in [-0.2, 0) is 4.79 Å². The highest BCUT2D eigenvalue weighted by molar-refractivity contribution is 5.76. The Morgan fingerprint density at radius 3 is 2.36 bits per heavy atom. The molecule has 2 N–H and O–H groups in total. The third kappa shape index (κ3) is 7.60. The van der Waals surface area contributed by atoms with Crippen molar-refractivity contribution in [1.82, 2.24) is 10.6 Å². The number of hydrogen-bond acceptors (Lipinski definition) is 2. The Hall–Kier alpha value is -1.35. The molecule has 0 bridgehead atoms. The molecule has 1 amide bonds. The first-order valence-electron chi connectivity index (χ1n) is 8.39. The number of benzene rings is 1. The van der Waals surface area contributed by atoms with Gasteiger partial charge in [0.1, 0.15) is 0 Å². The van der Waals surface area contributed by atoms with Crippen LogP contribution in [0.4, 0.5) is 0 Å². The van der Waals surface area contributed by atoms with E-state index in [0.717, 1.165) is 12.8 Å². The molecule has 2 unspecified atom stereocenters. The second kappa shape index (κ2) is 8.94. The second-order valence-electron chi connectivity index (χ2n) is 7.31. The van der Waals surface area contributed by atoms with Gasteiger partial charge >= 0.3 is 0 Å². The first-order valence-corrected chi connectivity index (χ1v) is 8.39. The lowest BCUT2D eigenvalue weighted by Gasteiger charge is -2.27. The van der Waals surface area contributed by atoms with Gasteiger partial charge in [-0.15, -0.1) is 0 Å². The van der Waals surface area contributed by atoms with Crippen molar-refractivity contribution in [3.8, 4) is 0 Å². The Labute approximate surface area is 135 Å². The van der Waals surface area contributed by atoms with Crippen molar-refractivity contribution in [2.24, 2.45) is 5.41 Å². The van der Waals surface area contributed by atoms with Crippen molar-refractivity contribution in [1.29, 1.82) is 0 Å². The molecule has 0 aromatic heterocycles. The van der Waals surface area contributed by atoms with E-state index in [0.29, 0.717) is 13.0 Å². The van der Waals surface area contributed by atoms with Gasteiger partial charge in [-0.05, 0) is 30.7 Å². The summed E-state index contributed by atoms with van der Waals surface area (Å²) in [7, 11) is 0. The molecule has 0 aliphatic rings. The molecule has 1 aromatic carbocycles. The Morgan fingerprint density at radius 1 is 1.18 bits per heavy atom. The SMILES string of the molecule is CCC(C)NC(=O)CCNC(CC(C)(C)C)c1ccccc1. The minimum absolute atomic E-state index is 0.129. The van der Waals surface area contributed by atoms with E-state index in [1.165, 1.54) is 5.56 Å². The first kappa shape index (κ1) is 18.7. The summed E-state index contributed by atoms with van der Waals surface area (Å²) in [5.41, 5.74) is 1.53. The summed E-state index contributed by atoms with van der Waals surface area (Å²) in [5, 5.41) is 6.57. The monoisotopic (exact) mass is 304 g/mol. The highest BCUT2D eigenvalue weighted by Gasteiger charge is 2.20. The number of hydrogen-bond donors (Lipinski definition) is 2. The van der Waals surface area contributed by atoms with Gasteiger partial charge in [0.15, 0.2) is 0 Å². The smallest absolute Gasteiger partial charge is 0.221 e. The van der Waals surface area contributed by atoms with Crippen molar-refractivity contribution in [2.45, 2.75) is 66.0 Å². The van der Waals surface area contributed by atoms with Gasteiger partial charge in [0.2, 0.25) is 5.91 Å². The Bertz CT molecular complexity index is 436. The van der Waals surface area contributed by atoms with Crippen LogP contribution in [-0.4, -0.2) is 18.5 Å². The zero-order chi connectivity index (χ0) is 16.6. The summed E-state index contributed by atoms with van der Waals surface area (Å²) in [6, 6.07) is 11.0. The van der Waals surface area contributed by atoms with Crippen LogP contribution in [0.5, 0.6) is 0 Å². The molecule has 0 spiro atoms. The zero-order valence-electron chi connectivity index (χ0n) is 14.8. The molecule has 0 saturated carbocycles. The molecule has 0 aliphatic heterocycles. The average Bonchev–Trinajstić information content (AvgIpc) is 2.45. The van der Waals surface area contributed by atoms with Gasteiger partial charge in [-0.1, -0.05) is 58.0 Å². The molecule has 3 heteroatoms. The highest BCUT2D eigenvalue weighted by Crippen LogP contribution is 2.29. The molecular formula is C19H32N2O. The van der Waals surface area contributed by atoms with Crippen LogP contribution < -0.4 is 10.6 Å². The largest absolute Gasteiger partial charge is 0.354 e. The maximum absolute atomic E-state index is 11.9. The van der Waals surface area contributed by atoms with Crippen molar-refractivity contribution in [3.05, 3.63) is 35.9 Å². The molecule has 1 aromatic rings. The van der Waals surface area contributed by atoms with Crippen molar-refractivity contribution >= 4 is 5.91 Å². The molecule has 2 atom stereocenters. The second-order valence-corrected chi connectivity index (χ2v) is 7.31. The fourth-order valence-corrected chi connectivity index (χ4v) is 2.41. The van der Waals surface area contributed by atoms with E-state index < -0.39 is 0 Å². The quantitative estimate of drug-likeness (QED) is 0.760. The fraction of sp³-hybridized carbons (Fsp3) is 0.632. The predicted molar refractivity (Wildman–Crippen MR) is 93.8 cm³/mol. The van der Waals surface area contributed by atoms with E-state index in [4.69, 9.17) is 0 Å². The lowest BCUT2D eigenvalue weighted by molar-refractivity contribution is -0.121. The van der Waals surface area contributed by atoms with Crippen molar-refractivity contribution in [3.63, 3.8) is 0 Å². The van der Waals surface area contributed by atoms with E-state index in [1.54, 1.807) is 0 Å². The first-order chi connectivity index (χ1) is 10.3. The highest BCUT2D eigenvalue weighted by atomic mass is 16.1. The van der Waals surface area contributed by atoms with Gasteiger partial charge in [0.25, 0.3) is 0 Å². The third-order valence-electron chi connectivity index (χ3n) is 3.78. The van der Waals surface area contributed by atoms with E-state index in [9.17, 15) is 4.79 Å². The topological polar surface area (TPSA) is 41.1 Å². The number of carbonyl (C=O) groups excluding carboxylic acids is 1. The molecule has 0 aliphatic carbocycles. The van der Waals surface area contributed by atoms with Crippen molar-refractivity contribution < 1.29 is 4.79 Å². The van der Waals surface area contributed by atoms with E-state index in [1.807, 2.05) is 13.0 Å². The summed E-state index contributed by atoms with van der Waals surface area (Å²) in [6.07, 6.45) is 2.54. The summed E-state index contributed by atoms with van der Waals surface area (Å²) in [4.78, 5) is 11.9. The van der Waals surface area contributed by atoms with Crippen molar-refractivity contribution in [2.75, 3.05) is 6.54 Å². The Kier molecular flexibility index (Phi) is 7.60. The number of rotatable bonds is 8. The summed E-state index contributed by atoms with van der Waals surface area (Å²) in [5.74, 6) is 0.129. The van der Waals surface area contributed by atoms with Crippen LogP contribution in [0, 0.1) is 5.41 Å². The molecule has 0 radical (unpaired) electrons. The lowest BCUT2D eigenvalue weighted by atomic mass is 9.85. The molecular weight excluding hydrogens is 272 g/mol. The maximum Gasteiger partial charge on any atom is 0.221 e. The lowest BCUT2D eigenvalue weighted by Crippen LogP contribution is -2.35. The molecule has 1 rings (SSSR count). The minimum atomic E-state index is 0.129. The van der Waals surface area contributed by atoms with E-state index >= 15 is 0 Å². The van der Waals surface area contributed by atoms with Crippen LogP contribution in [0.25, 0.3) is 0 Å². The van der Waals surface area contributed by atoms with Crippen LogP contribution in [0.1, 0.15) is 65.5 Å². The summed E-state index contributed by atoms with van der Waals surface area (Å²) in [6.45, 7) is 11.6. The Morgan fingerprint density at radius 2 is 1.82 bits per heavy atom.